The number of nitrogens with one attached hydrogen (secondary N) is 2. The number of ether oxygens (including phenoxy) is 2. The van der Waals surface area contributed by atoms with Crippen molar-refractivity contribution in [3.8, 4) is 5.75 Å². The van der Waals surface area contributed by atoms with Crippen molar-refractivity contribution in [2.45, 2.75) is 97.0 Å². The summed E-state index contributed by atoms with van der Waals surface area (Å²) in [5, 5.41) is 5.75. The van der Waals surface area contributed by atoms with Crippen LogP contribution in [0.2, 0.25) is 26.7 Å². The van der Waals surface area contributed by atoms with Crippen LogP contribution in [0.4, 0.5) is 10.5 Å². The van der Waals surface area contributed by atoms with Crippen LogP contribution in [0.15, 0.2) is 36.4 Å². The number of rotatable bonds is 11. The van der Waals surface area contributed by atoms with Gasteiger partial charge in [-0.05, 0) is 67.2 Å². The van der Waals surface area contributed by atoms with Gasteiger partial charge in [-0.15, -0.1) is 0 Å². The van der Waals surface area contributed by atoms with Crippen LogP contribution in [-0.4, -0.2) is 45.0 Å². The second-order valence-electron chi connectivity index (χ2n) is 12.3. The molecule has 8 nitrogen and oxygen atoms in total. The van der Waals surface area contributed by atoms with Crippen molar-refractivity contribution >= 4 is 55.2 Å². The first-order chi connectivity index (χ1) is 19.4. The van der Waals surface area contributed by atoms with Gasteiger partial charge in [-0.2, -0.15) is 0 Å². The summed E-state index contributed by atoms with van der Waals surface area (Å²) in [6, 6.07) is 9.19. The average molecular weight is 640 g/mol. The minimum Gasteiger partial charge on any atom is -0.543 e. The zero-order valence-electron chi connectivity index (χ0n) is 26.2. The van der Waals surface area contributed by atoms with Crippen LogP contribution in [0.1, 0.15) is 78.2 Å². The summed E-state index contributed by atoms with van der Waals surface area (Å²) in [5.41, 5.74) is 1.73. The number of benzene rings is 2. The maximum atomic E-state index is 13.2. The zero-order chi connectivity index (χ0) is 32.0. The maximum absolute atomic E-state index is 13.2. The third kappa shape index (κ3) is 9.12. The van der Waals surface area contributed by atoms with Gasteiger partial charge in [-0.3, -0.25) is 4.79 Å². The lowest BCUT2D eigenvalue weighted by molar-refractivity contribution is -0.143. The molecule has 0 aromatic heterocycles. The van der Waals surface area contributed by atoms with Gasteiger partial charge in [0.25, 0.3) is 14.2 Å². The van der Waals surface area contributed by atoms with Gasteiger partial charge in [-0.1, -0.05) is 76.9 Å². The molecular formula is C31H44Cl2N2O6Si. The molecular weight excluding hydrogens is 595 g/mol. The molecule has 2 aromatic rings. The molecule has 0 fully saturated rings. The maximum Gasteiger partial charge on any atom is 0.408 e. The summed E-state index contributed by atoms with van der Waals surface area (Å²) in [5.74, 6) is -0.512. The molecule has 42 heavy (non-hydrogen) atoms. The van der Waals surface area contributed by atoms with E-state index in [4.69, 9.17) is 37.1 Å². The van der Waals surface area contributed by atoms with Gasteiger partial charge in [0, 0.05) is 12.1 Å². The van der Waals surface area contributed by atoms with Crippen molar-refractivity contribution in [2.75, 3.05) is 12.4 Å². The molecule has 0 radical (unpaired) electrons. The highest BCUT2D eigenvalue weighted by Gasteiger charge is 2.47. The summed E-state index contributed by atoms with van der Waals surface area (Å²) in [7, 11) is -0.997. The fourth-order valence-electron chi connectivity index (χ4n) is 5.32. The molecule has 0 saturated carbocycles. The van der Waals surface area contributed by atoms with Crippen LogP contribution in [0.25, 0.3) is 0 Å². The Bertz CT molecular complexity index is 1210. The molecule has 0 aliphatic carbocycles. The Morgan fingerprint density at radius 3 is 1.81 bits per heavy atom. The van der Waals surface area contributed by atoms with E-state index in [2.05, 4.69) is 52.2 Å². The number of hydrogen-bond donors (Lipinski definition) is 2. The lowest BCUT2D eigenvalue weighted by atomic mass is 10.1. The molecule has 0 aliphatic heterocycles. The number of hydrogen-bond acceptors (Lipinski definition) is 6. The highest BCUT2D eigenvalue weighted by atomic mass is 35.5. The highest BCUT2D eigenvalue weighted by molar-refractivity contribution is 6.78. The minimum absolute atomic E-state index is 0.146. The third-order valence-electron chi connectivity index (χ3n) is 7.07. The van der Waals surface area contributed by atoms with E-state index in [-0.39, 0.29) is 22.0 Å². The Morgan fingerprint density at radius 2 is 1.38 bits per heavy atom. The van der Waals surface area contributed by atoms with E-state index in [1.54, 1.807) is 57.2 Å². The lowest BCUT2D eigenvalue weighted by Gasteiger charge is -2.42. The van der Waals surface area contributed by atoms with Crippen molar-refractivity contribution in [3.05, 3.63) is 57.6 Å². The van der Waals surface area contributed by atoms with E-state index < -0.39 is 37.9 Å². The quantitative estimate of drug-likeness (QED) is 0.189. The van der Waals surface area contributed by atoms with Gasteiger partial charge >= 0.3 is 12.1 Å². The van der Waals surface area contributed by atoms with Crippen molar-refractivity contribution < 1.29 is 28.3 Å². The Kier molecular flexibility index (Phi) is 12.3. The number of anilines is 1. The van der Waals surface area contributed by atoms with Crippen molar-refractivity contribution in [1.82, 2.24) is 5.32 Å². The molecule has 1 atom stereocenters. The van der Waals surface area contributed by atoms with E-state index >= 15 is 0 Å². The Labute approximate surface area is 260 Å². The van der Waals surface area contributed by atoms with Gasteiger partial charge in [0.15, 0.2) is 0 Å². The number of amides is 2. The number of carbonyl (C=O) groups is 3. The van der Waals surface area contributed by atoms with Gasteiger partial charge in [-0.25, -0.2) is 9.59 Å². The lowest BCUT2D eigenvalue weighted by Crippen LogP contribution is -2.50. The largest absolute Gasteiger partial charge is 0.543 e. The molecule has 0 bridgehead atoms. The van der Waals surface area contributed by atoms with E-state index in [0.29, 0.717) is 28.1 Å². The summed E-state index contributed by atoms with van der Waals surface area (Å²) in [6.45, 7) is 18.3. The van der Waals surface area contributed by atoms with E-state index in [0.717, 1.165) is 5.56 Å². The first-order valence-electron chi connectivity index (χ1n) is 14.1. The fraction of sp³-hybridized carbons (Fsp3) is 0.516. The molecule has 0 saturated heterocycles. The van der Waals surface area contributed by atoms with Crippen molar-refractivity contribution in [3.63, 3.8) is 0 Å². The summed E-state index contributed by atoms with van der Waals surface area (Å²) >= 11 is 13.1. The summed E-state index contributed by atoms with van der Waals surface area (Å²) in [6.07, 6.45) is -0.565. The van der Waals surface area contributed by atoms with Crippen molar-refractivity contribution in [2.24, 2.45) is 0 Å². The molecule has 2 aromatic carbocycles. The number of alkyl carbamates (subject to hydrolysis) is 1. The Balaban J connectivity index is 2.19. The number of methoxy groups -OCH3 is 1. The van der Waals surface area contributed by atoms with Crippen LogP contribution in [-0.2, 0) is 20.7 Å². The van der Waals surface area contributed by atoms with Crippen LogP contribution >= 0.6 is 23.2 Å². The van der Waals surface area contributed by atoms with Gasteiger partial charge in [0.1, 0.15) is 17.4 Å². The van der Waals surface area contributed by atoms with E-state index in [9.17, 15) is 14.4 Å². The monoisotopic (exact) mass is 638 g/mol. The molecule has 0 unspecified atom stereocenters. The molecule has 232 valence electrons. The highest BCUT2D eigenvalue weighted by Crippen LogP contribution is 2.44. The molecule has 11 heteroatoms. The minimum atomic E-state index is -2.24. The second-order valence-corrected chi connectivity index (χ2v) is 18.4. The molecule has 0 spiro atoms. The molecule has 2 amide bonds. The van der Waals surface area contributed by atoms with Gasteiger partial charge < -0.3 is 24.5 Å². The number of carbonyl (C=O) groups excluding carboxylic acids is 3. The molecule has 0 heterocycles. The standard InChI is InChI=1S/C31H44Cl2N2O6Si/c1-18(2)42(19(3)4,20(5)6)41-23-16-24(32)27(25(33)17-23)28(36)34-22-13-11-21(12-14-22)15-26(29(37)39-10)35-30(38)40-31(7,8)9/h11-14,16-20,26H,15H2,1-10H3,(H,34,36)(H,35,38)/t26-/m0/s1. The third-order valence-corrected chi connectivity index (χ3v) is 13.7. The summed E-state index contributed by atoms with van der Waals surface area (Å²) in [4.78, 5) is 37.6. The second kappa shape index (κ2) is 14.6. The number of halogens is 2. The molecule has 2 N–H and O–H groups in total. The first kappa shape index (κ1) is 35.4. The van der Waals surface area contributed by atoms with E-state index in [1.807, 2.05) is 0 Å². The van der Waals surface area contributed by atoms with Gasteiger partial charge in [0.05, 0.1) is 22.7 Å². The molecule has 0 aliphatic rings. The van der Waals surface area contributed by atoms with Crippen LogP contribution in [0.3, 0.4) is 0 Å². The average Bonchev–Trinajstić information content (AvgIpc) is 2.85. The zero-order valence-corrected chi connectivity index (χ0v) is 28.7. The fourth-order valence-corrected chi connectivity index (χ4v) is 11.2. The summed E-state index contributed by atoms with van der Waals surface area (Å²) < 4.78 is 16.8. The normalized spacial score (nSPS) is 12.7. The Morgan fingerprint density at radius 1 is 0.881 bits per heavy atom. The SMILES string of the molecule is COC(=O)[C@H](Cc1ccc(NC(=O)c2c(Cl)cc(O[Si](C(C)C)(C(C)C)C(C)C)cc2Cl)cc1)NC(=O)OC(C)(C)C. The van der Waals surface area contributed by atoms with E-state index in [1.165, 1.54) is 7.11 Å². The predicted octanol–water partition coefficient (Wildman–Crippen LogP) is 8.41. The van der Waals surface area contributed by atoms with Crippen LogP contribution in [0, 0.1) is 0 Å². The van der Waals surface area contributed by atoms with Crippen molar-refractivity contribution in [1.29, 1.82) is 0 Å². The van der Waals surface area contributed by atoms with Gasteiger partial charge in [0.2, 0.25) is 0 Å². The topological polar surface area (TPSA) is 103 Å². The molecule has 2 rings (SSSR count). The van der Waals surface area contributed by atoms with Crippen LogP contribution < -0.4 is 15.1 Å². The number of esters is 1. The first-order valence-corrected chi connectivity index (χ1v) is 17.0. The van der Waals surface area contributed by atoms with Crippen LogP contribution in [0.5, 0.6) is 5.75 Å². The predicted molar refractivity (Wildman–Crippen MR) is 171 cm³/mol. The smallest absolute Gasteiger partial charge is 0.408 e. The Hall–Kier alpha value is -2.75.